The van der Waals surface area contributed by atoms with E-state index in [0.717, 1.165) is 4.57 Å². The molecule has 1 aromatic heterocycles. The van der Waals surface area contributed by atoms with Crippen molar-refractivity contribution in [1.29, 1.82) is 0 Å². The van der Waals surface area contributed by atoms with Crippen LogP contribution >= 0.6 is 11.6 Å². The lowest BCUT2D eigenvalue weighted by Gasteiger charge is -2.17. The predicted molar refractivity (Wildman–Crippen MR) is 69.0 cm³/mol. The molecule has 18 heavy (non-hydrogen) atoms. The summed E-state index contributed by atoms with van der Waals surface area (Å²) in [6.07, 6.45) is 0. The molecule has 0 unspecified atom stereocenters. The van der Waals surface area contributed by atoms with Crippen LogP contribution in [0, 0.1) is 10.1 Å². The minimum Gasteiger partial charge on any atom is -0.369 e. The third kappa shape index (κ3) is 3.10. The molecule has 0 fully saturated rings. The van der Waals surface area contributed by atoms with Gasteiger partial charge in [0.15, 0.2) is 0 Å². The molecule has 0 aliphatic carbocycles. The summed E-state index contributed by atoms with van der Waals surface area (Å²) in [7, 11) is 1.31. The number of nitrogen functional groups attached to an aromatic ring is 1. The van der Waals surface area contributed by atoms with Crippen LogP contribution in [0.1, 0.15) is 13.8 Å². The highest BCUT2D eigenvalue weighted by molar-refractivity contribution is 6.23. The molecule has 8 nitrogen and oxygen atoms in total. The van der Waals surface area contributed by atoms with Crippen LogP contribution in [-0.4, -0.2) is 25.9 Å². The van der Waals surface area contributed by atoms with Crippen LogP contribution < -0.4 is 16.6 Å². The fraction of sp³-hybridized carbons (Fsp3) is 0.556. The smallest absolute Gasteiger partial charge is 0.369 e. The van der Waals surface area contributed by atoms with E-state index in [1.54, 1.807) is 13.8 Å². The fourth-order valence-electron chi connectivity index (χ4n) is 1.19. The molecule has 0 aliphatic rings. The standard InChI is InChI=1S/C9H14ClN5O3/c1-9(2,10)4-12-6-5(15(17)18)7(16)14(3)8(11)13-6/h12H,4H2,1-3H3,(H2,11,13). The second kappa shape index (κ2) is 4.81. The van der Waals surface area contributed by atoms with Gasteiger partial charge in [-0.25, -0.2) is 0 Å². The largest absolute Gasteiger partial charge is 0.375 e. The van der Waals surface area contributed by atoms with Crippen LogP contribution in [0.2, 0.25) is 0 Å². The highest BCUT2D eigenvalue weighted by Crippen LogP contribution is 2.20. The topological polar surface area (TPSA) is 116 Å². The van der Waals surface area contributed by atoms with Crippen LogP contribution in [0.15, 0.2) is 4.79 Å². The van der Waals surface area contributed by atoms with Gasteiger partial charge in [-0.2, -0.15) is 4.98 Å². The zero-order chi connectivity index (χ0) is 14.1. The Morgan fingerprint density at radius 3 is 2.61 bits per heavy atom. The van der Waals surface area contributed by atoms with E-state index in [4.69, 9.17) is 17.3 Å². The first-order valence-corrected chi connectivity index (χ1v) is 5.45. The summed E-state index contributed by atoms with van der Waals surface area (Å²) in [5.74, 6) is -0.283. The number of nitrogens with zero attached hydrogens (tertiary/aromatic N) is 3. The van der Waals surface area contributed by atoms with Crippen molar-refractivity contribution in [2.45, 2.75) is 18.7 Å². The molecular weight excluding hydrogens is 262 g/mol. The summed E-state index contributed by atoms with van der Waals surface area (Å²) < 4.78 is 0.912. The Morgan fingerprint density at radius 1 is 1.61 bits per heavy atom. The molecule has 3 N–H and O–H groups in total. The summed E-state index contributed by atoms with van der Waals surface area (Å²) in [5, 5.41) is 13.5. The van der Waals surface area contributed by atoms with Gasteiger partial charge < -0.3 is 11.1 Å². The summed E-state index contributed by atoms with van der Waals surface area (Å²) >= 11 is 5.95. The minimum atomic E-state index is -0.817. The van der Waals surface area contributed by atoms with Crippen molar-refractivity contribution in [2.75, 3.05) is 17.6 Å². The van der Waals surface area contributed by atoms with Crippen LogP contribution in [0.25, 0.3) is 0 Å². The number of halogens is 1. The molecule has 0 atom stereocenters. The first-order chi connectivity index (χ1) is 8.13. The second-order valence-electron chi connectivity index (χ2n) is 4.36. The Labute approximate surface area is 108 Å². The number of hydrogen-bond donors (Lipinski definition) is 2. The maximum absolute atomic E-state index is 11.7. The summed E-state index contributed by atoms with van der Waals surface area (Å²) in [4.78, 5) is 24.9. The minimum absolute atomic E-state index is 0.111. The number of hydrogen-bond acceptors (Lipinski definition) is 6. The highest BCUT2D eigenvalue weighted by atomic mass is 35.5. The number of aromatic nitrogens is 2. The van der Waals surface area contributed by atoms with Crippen molar-refractivity contribution < 1.29 is 4.92 Å². The molecule has 0 spiro atoms. The Bertz CT molecular complexity index is 534. The van der Waals surface area contributed by atoms with Crippen LogP contribution in [0.5, 0.6) is 0 Å². The van der Waals surface area contributed by atoms with Crippen LogP contribution in [-0.2, 0) is 7.05 Å². The van der Waals surface area contributed by atoms with Gasteiger partial charge in [-0.05, 0) is 13.8 Å². The van der Waals surface area contributed by atoms with Gasteiger partial charge in [0.1, 0.15) is 0 Å². The molecule has 0 aliphatic heterocycles. The van der Waals surface area contributed by atoms with E-state index in [-0.39, 0.29) is 18.3 Å². The maximum atomic E-state index is 11.7. The average Bonchev–Trinajstić information content (AvgIpc) is 2.21. The van der Waals surface area contributed by atoms with E-state index in [2.05, 4.69) is 10.3 Å². The van der Waals surface area contributed by atoms with Crippen molar-refractivity contribution in [1.82, 2.24) is 9.55 Å². The first kappa shape index (κ1) is 14.2. The molecule has 0 bridgehead atoms. The molecule has 0 amide bonds. The zero-order valence-electron chi connectivity index (χ0n) is 10.2. The number of alkyl halides is 1. The number of nitro groups is 1. The monoisotopic (exact) mass is 275 g/mol. The molecule has 1 rings (SSSR count). The van der Waals surface area contributed by atoms with Crippen molar-refractivity contribution in [3.05, 3.63) is 20.5 Å². The molecule has 0 aromatic carbocycles. The van der Waals surface area contributed by atoms with Gasteiger partial charge in [-0.15, -0.1) is 11.6 Å². The van der Waals surface area contributed by atoms with E-state index in [0.29, 0.717) is 0 Å². The molecule has 0 saturated heterocycles. The fourth-order valence-corrected chi connectivity index (χ4v) is 1.26. The lowest BCUT2D eigenvalue weighted by molar-refractivity contribution is -0.385. The second-order valence-corrected chi connectivity index (χ2v) is 5.38. The molecule has 9 heteroatoms. The van der Waals surface area contributed by atoms with Crippen molar-refractivity contribution in [3.8, 4) is 0 Å². The summed E-state index contributed by atoms with van der Waals surface area (Å²) in [5.41, 5.74) is 4.02. The van der Waals surface area contributed by atoms with Crippen LogP contribution in [0.3, 0.4) is 0 Å². The predicted octanol–water partition coefficient (Wildman–Crippen LogP) is 0.700. The first-order valence-electron chi connectivity index (χ1n) is 5.07. The Morgan fingerprint density at radius 2 is 2.17 bits per heavy atom. The summed E-state index contributed by atoms with van der Waals surface area (Å²) in [6, 6.07) is 0. The Kier molecular flexibility index (Phi) is 3.80. The van der Waals surface area contributed by atoms with Crippen LogP contribution in [0.4, 0.5) is 17.5 Å². The molecule has 0 saturated carbocycles. The lowest BCUT2D eigenvalue weighted by atomic mass is 10.2. The van der Waals surface area contributed by atoms with Crippen molar-refractivity contribution in [2.24, 2.45) is 7.05 Å². The third-order valence-corrected chi connectivity index (χ3v) is 2.29. The highest BCUT2D eigenvalue weighted by Gasteiger charge is 2.25. The van der Waals surface area contributed by atoms with Gasteiger partial charge >= 0.3 is 11.2 Å². The van der Waals surface area contributed by atoms with E-state index in [1.165, 1.54) is 7.05 Å². The van der Waals surface area contributed by atoms with E-state index in [1.807, 2.05) is 0 Å². The molecule has 100 valence electrons. The number of anilines is 2. The molecule has 0 radical (unpaired) electrons. The van der Waals surface area contributed by atoms with Crippen molar-refractivity contribution >= 4 is 29.1 Å². The molecule has 1 aromatic rings. The van der Waals surface area contributed by atoms with Gasteiger partial charge in [0.05, 0.1) is 9.80 Å². The van der Waals surface area contributed by atoms with E-state index in [9.17, 15) is 14.9 Å². The van der Waals surface area contributed by atoms with Gasteiger partial charge in [0.25, 0.3) is 0 Å². The lowest BCUT2D eigenvalue weighted by Crippen LogP contribution is -2.29. The number of nitrogens with two attached hydrogens (primary N) is 1. The summed E-state index contributed by atoms with van der Waals surface area (Å²) in [6.45, 7) is 3.64. The number of rotatable bonds is 4. The molecular formula is C9H14ClN5O3. The number of nitrogens with one attached hydrogen (secondary N) is 1. The normalized spacial score (nSPS) is 11.3. The van der Waals surface area contributed by atoms with E-state index < -0.39 is 21.0 Å². The van der Waals surface area contributed by atoms with E-state index >= 15 is 0 Å². The average molecular weight is 276 g/mol. The van der Waals surface area contributed by atoms with Gasteiger partial charge in [-0.3, -0.25) is 19.5 Å². The maximum Gasteiger partial charge on any atom is 0.375 e. The SMILES string of the molecule is Cn1c(N)nc(NCC(C)(C)Cl)c([N+](=O)[O-])c1=O. The third-order valence-electron chi connectivity index (χ3n) is 2.16. The Hall–Kier alpha value is -1.83. The van der Waals surface area contributed by atoms with Gasteiger partial charge in [0.2, 0.25) is 11.8 Å². The van der Waals surface area contributed by atoms with Crippen molar-refractivity contribution in [3.63, 3.8) is 0 Å². The zero-order valence-corrected chi connectivity index (χ0v) is 11.0. The van der Waals surface area contributed by atoms with Gasteiger partial charge in [0, 0.05) is 13.6 Å². The quantitative estimate of drug-likeness (QED) is 0.475. The molecule has 1 heterocycles. The van der Waals surface area contributed by atoms with Gasteiger partial charge in [-0.1, -0.05) is 0 Å². The Balaban J connectivity index is 3.26.